The SMILES string of the molecule is Cc1cccc(Cl)c1N1C/C=C\CCC(=O)NC[C@@H](C)OC(=O)[C@@H]2[C@@H]3C=C[C@]4(O3)[C@H](C1=O)N([C@H](CO)c1ccccc1)C(=O)[C@@H]24. The first-order chi connectivity index (χ1) is 21.7. The first kappa shape index (κ1) is 31.0. The Bertz CT molecular complexity index is 1540. The van der Waals surface area contributed by atoms with Crippen molar-refractivity contribution in [2.75, 3.05) is 24.6 Å². The van der Waals surface area contributed by atoms with Crippen LogP contribution in [-0.2, 0) is 28.7 Å². The number of halogens is 1. The Morgan fingerprint density at radius 1 is 1.07 bits per heavy atom. The molecule has 2 aromatic carbocycles. The van der Waals surface area contributed by atoms with Gasteiger partial charge in [-0.05, 0) is 37.5 Å². The number of esters is 1. The Balaban J connectivity index is 1.52. The smallest absolute Gasteiger partial charge is 0.313 e. The Labute approximate surface area is 266 Å². The van der Waals surface area contributed by atoms with Crippen molar-refractivity contribution in [2.45, 2.75) is 56.6 Å². The van der Waals surface area contributed by atoms with Gasteiger partial charge in [-0.15, -0.1) is 0 Å². The van der Waals surface area contributed by atoms with Crippen LogP contribution < -0.4 is 10.2 Å². The number of amides is 3. The molecular weight excluding hydrogens is 598 g/mol. The molecule has 0 aliphatic carbocycles. The van der Waals surface area contributed by atoms with E-state index in [1.54, 1.807) is 61.5 Å². The number of aryl methyl sites for hydroxylation is 1. The Kier molecular flexibility index (Phi) is 8.56. The van der Waals surface area contributed by atoms with E-state index < -0.39 is 66.1 Å². The first-order valence-corrected chi connectivity index (χ1v) is 15.6. The summed E-state index contributed by atoms with van der Waals surface area (Å²) >= 11 is 6.72. The number of carbonyl (C=O) groups excluding carboxylic acids is 4. The average molecular weight is 634 g/mol. The van der Waals surface area contributed by atoms with Crippen molar-refractivity contribution in [1.29, 1.82) is 0 Å². The summed E-state index contributed by atoms with van der Waals surface area (Å²) in [6.45, 7) is 3.25. The van der Waals surface area contributed by atoms with Crippen LogP contribution in [0, 0.1) is 18.8 Å². The highest BCUT2D eigenvalue weighted by Crippen LogP contribution is 2.57. The van der Waals surface area contributed by atoms with E-state index in [0.29, 0.717) is 22.7 Å². The molecular formula is C34H36ClN3O7. The molecule has 2 aromatic rings. The van der Waals surface area contributed by atoms with Crippen molar-refractivity contribution < 1.29 is 33.8 Å². The predicted molar refractivity (Wildman–Crippen MR) is 166 cm³/mol. The van der Waals surface area contributed by atoms with Crippen LogP contribution in [0.2, 0.25) is 5.02 Å². The van der Waals surface area contributed by atoms with Gasteiger partial charge in [-0.3, -0.25) is 19.2 Å². The summed E-state index contributed by atoms with van der Waals surface area (Å²) in [5, 5.41) is 13.9. The number of hydrogen-bond acceptors (Lipinski definition) is 7. The molecule has 0 aromatic heterocycles. The van der Waals surface area contributed by atoms with Gasteiger partial charge in [0.25, 0.3) is 5.91 Å². The number of anilines is 1. The van der Waals surface area contributed by atoms with Gasteiger partial charge in [0.1, 0.15) is 23.7 Å². The molecule has 5 bridgehead atoms. The molecule has 4 aliphatic heterocycles. The molecule has 4 heterocycles. The fraction of sp³-hybridized carbons (Fsp3) is 0.412. The molecule has 0 radical (unpaired) electrons. The number of para-hydroxylation sites is 1. The van der Waals surface area contributed by atoms with Crippen molar-refractivity contribution in [3.8, 4) is 0 Å². The first-order valence-electron chi connectivity index (χ1n) is 15.2. The van der Waals surface area contributed by atoms with Crippen LogP contribution in [0.4, 0.5) is 5.69 Å². The summed E-state index contributed by atoms with van der Waals surface area (Å²) in [5.41, 5.74) is 0.349. The van der Waals surface area contributed by atoms with E-state index in [2.05, 4.69) is 5.32 Å². The number of hydrogen-bond donors (Lipinski definition) is 2. The Morgan fingerprint density at radius 3 is 2.58 bits per heavy atom. The summed E-state index contributed by atoms with van der Waals surface area (Å²) < 4.78 is 12.2. The van der Waals surface area contributed by atoms with Crippen LogP contribution in [0.5, 0.6) is 0 Å². The molecule has 2 fully saturated rings. The third kappa shape index (κ3) is 5.34. The molecule has 2 saturated heterocycles. The van der Waals surface area contributed by atoms with E-state index in [4.69, 9.17) is 21.1 Å². The predicted octanol–water partition coefficient (Wildman–Crippen LogP) is 3.26. The maximum absolute atomic E-state index is 15.1. The molecule has 1 spiro atoms. The molecule has 10 nitrogen and oxygen atoms in total. The number of nitrogens with one attached hydrogen (secondary N) is 1. The van der Waals surface area contributed by atoms with Gasteiger partial charge in [0.2, 0.25) is 11.8 Å². The standard InChI is InChI=1S/C34H36ClN3O7/c1-20-10-9-13-23(35)29(20)37-17-8-4-7-14-26(40)36-18-21(2)44-33(43)27-25-15-16-34(45-25)28(27)31(41)38(30(34)32(37)42)24(19-39)22-11-5-3-6-12-22/h3-6,8-13,15-16,21,24-25,27-28,30,39H,7,14,17-19H2,1-2H3,(H,36,40)/b8-4-/t21-,24-,25+,27-,28-,30+,34-/m1/s1. The minimum absolute atomic E-state index is 0.0923. The third-order valence-electron chi connectivity index (χ3n) is 9.13. The normalized spacial score (nSPS) is 31.5. The molecule has 2 N–H and O–H groups in total. The van der Waals surface area contributed by atoms with Crippen LogP contribution in [0.15, 0.2) is 72.8 Å². The fourth-order valence-electron chi connectivity index (χ4n) is 7.10. The molecule has 236 valence electrons. The average Bonchev–Trinajstić information content (AvgIpc) is 3.67. The Hall–Kier alpha value is -3.99. The van der Waals surface area contributed by atoms with Gasteiger partial charge in [-0.25, -0.2) is 0 Å². The molecule has 45 heavy (non-hydrogen) atoms. The highest BCUT2D eigenvalue weighted by atomic mass is 35.5. The van der Waals surface area contributed by atoms with E-state index in [-0.39, 0.29) is 25.4 Å². The van der Waals surface area contributed by atoms with Gasteiger partial charge in [0.15, 0.2) is 0 Å². The summed E-state index contributed by atoms with van der Waals surface area (Å²) in [6, 6.07) is 12.2. The van der Waals surface area contributed by atoms with Gasteiger partial charge in [0, 0.05) is 13.0 Å². The lowest BCUT2D eigenvalue weighted by Crippen LogP contribution is -2.57. The van der Waals surface area contributed by atoms with Crippen molar-refractivity contribution in [1.82, 2.24) is 10.2 Å². The maximum atomic E-state index is 15.1. The van der Waals surface area contributed by atoms with E-state index in [1.165, 1.54) is 9.80 Å². The summed E-state index contributed by atoms with van der Waals surface area (Å²) in [5.74, 6) is -3.91. The highest BCUT2D eigenvalue weighted by Gasteiger charge is 2.74. The lowest BCUT2D eigenvalue weighted by molar-refractivity contribution is -0.159. The monoisotopic (exact) mass is 633 g/mol. The van der Waals surface area contributed by atoms with Gasteiger partial charge in [-0.1, -0.05) is 78.4 Å². The van der Waals surface area contributed by atoms with Crippen LogP contribution >= 0.6 is 11.6 Å². The topological polar surface area (TPSA) is 125 Å². The molecule has 11 heteroatoms. The van der Waals surface area contributed by atoms with Gasteiger partial charge < -0.3 is 29.7 Å². The third-order valence-corrected chi connectivity index (χ3v) is 9.44. The second-order valence-electron chi connectivity index (χ2n) is 12.0. The van der Waals surface area contributed by atoms with Crippen molar-refractivity contribution in [2.24, 2.45) is 11.8 Å². The van der Waals surface area contributed by atoms with Crippen LogP contribution in [0.3, 0.4) is 0 Å². The van der Waals surface area contributed by atoms with Crippen LogP contribution in [-0.4, -0.2) is 77.2 Å². The number of aliphatic hydroxyl groups excluding tert-OH is 1. The number of likely N-dealkylation sites (tertiary alicyclic amines) is 1. The number of carbonyl (C=O) groups is 4. The molecule has 4 aliphatic rings. The number of cyclic esters (lactones) is 1. The second-order valence-corrected chi connectivity index (χ2v) is 12.4. The summed E-state index contributed by atoms with van der Waals surface area (Å²) in [4.78, 5) is 58.8. The van der Waals surface area contributed by atoms with Crippen molar-refractivity contribution in [3.05, 3.63) is 89.0 Å². The number of fused-ring (bicyclic) bond motifs is 2. The Morgan fingerprint density at radius 2 is 1.84 bits per heavy atom. The minimum Gasteiger partial charge on any atom is -0.460 e. The maximum Gasteiger partial charge on any atom is 0.313 e. The van der Waals surface area contributed by atoms with Gasteiger partial charge in [-0.2, -0.15) is 0 Å². The molecule has 0 saturated carbocycles. The number of ether oxygens (including phenoxy) is 2. The number of rotatable bonds is 4. The van der Waals surface area contributed by atoms with Crippen LogP contribution in [0.1, 0.15) is 36.9 Å². The number of allylic oxidation sites excluding steroid dienone is 1. The number of aliphatic hydroxyl groups is 1. The minimum atomic E-state index is -1.49. The van der Waals surface area contributed by atoms with Crippen LogP contribution in [0.25, 0.3) is 0 Å². The summed E-state index contributed by atoms with van der Waals surface area (Å²) in [7, 11) is 0. The van der Waals surface area contributed by atoms with E-state index >= 15 is 4.79 Å². The van der Waals surface area contributed by atoms with E-state index in [0.717, 1.165) is 5.56 Å². The molecule has 6 rings (SSSR count). The van der Waals surface area contributed by atoms with Gasteiger partial charge in [0.05, 0.1) is 41.9 Å². The zero-order valence-corrected chi connectivity index (χ0v) is 25.9. The highest BCUT2D eigenvalue weighted by molar-refractivity contribution is 6.34. The van der Waals surface area contributed by atoms with E-state index in [1.807, 2.05) is 25.1 Å². The number of nitrogens with zero attached hydrogens (tertiary/aromatic N) is 2. The quantitative estimate of drug-likeness (QED) is 0.391. The molecule has 7 atom stereocenters. The summed E-state index contributed by atoms with van der Waals surface area (Å²) in [6.07, 6.45) is 6.22. The molecule has 3 amide bonds. The largest absolute Gasteiger partial charge is 0.460 e. The second kappa shape index (κ2) is 12.4. The lowest BCUT2D eigenvalue weighted by atomic mass is 9.74. The zero-order valence-electron chi connectivity index (χ0n) is 25.1. The van der Waals surface area contributed by atoms with E-state index in [9.17, 15) is 19.5 Å². The zero-order chi connectivity index (χ0) is 31.9. The lowest BCUT2D eigenvalue weighted by Gasteiger charge is -2.39. The fourth-order valence-corrected chi connectivity index (χ4v) is 7.43. The van der Waals surface area contributed by atoms with Gasteiger partial charge >= 0.3 is 5.97 Å². The van der Waals surface area contributed by atoms with Crippen molar-refractivity contribution >= 4 is 41.0 Å². The number of benzene rings is 2. The van der Waals surface area contributed by atoms with Crippen molar-refractivity contribution in [3.63, 3.8) is 0 Å². The molecule has 0 unspecified atom stereocenters.